The molecule has 1 aromatic heterocycles. The fraction of sp³-hybridized carbons (Fsp3) is 0.641. The highest BCUT2D eigenvalue weighted by molar-refractivity contribution is 7.57. The number of benzene rings is 1. The summed E-state index contributed by atoms with van der Waals surface area (Å²) in [4.78, 5) is 17.5. The molecule has 0 fully saturated rings. The number of hydrogen-bond acceptors (Lipinski definition) is 7. The first-order valence-electron chi connectivity index (χ1n) is 18.3. The van der Waals surface area contributed by atoms with Crippen molar-refractivity contribution in [2.24, 2.45) is 0 Å². The summed E-state index contributed by atoms with van der Waals surface area (Å²) in [5, 5.41) is 3.14. The Kier molecular flexibility index (Phi) is 21.1. The highest BCUT2D eigenvalue weighted by atomic mass is 31.2. The highest BCUT2D eigenvalue weighted by Crippen LogP contribution is 2.49. The van der Waals surface area contributed by atoms with Crippen LogP contribution in [0, 0.1) is 13.8 Å². The maximum Gasteiger partial charge on any atom is 0.353 e. The molecule has 2 aromatic rings. The number of unbranched alkanes of at least 4 members (excludes halogenated alkanes) is 12. The summed E-state index contributed by atoms with van der Waals surface area (Å²) in [7, 11) is -1.74. The Balaban J connectivity index is 1.88. The van der Waals surface area contributed by atoms with E-state index in [1.54, 1.807) is 33.2 Å². The Morgan fingerprint density at radius 2 is 1.42 bits per heavy atom. The second-order valence-corrected chi connectivity index (χ2v) is 14.5. The van der Waals surface area contributed by atoms with Crippen molar-refractivity contribution in [2.45, 2.75) is 144 Å². The lowest BCUT2D eigenvalue weighted by Gasteiger charge is -2.18. The van der Waals surface area contributed by atoms with E-state index in [0.29, 0.717) is 19.4 Å². The van der Waals surface area contributed by atoms with E-state index in [-0.39, 0.29) is 25.2 Å². The van der Waals surface area contributed by atoms with Crippen LogP contribution < -0.4 is 14.8 Å². The lowest BCUT2D eigenvalue weighted by Crippen LogP contribution is -2.34. The molecule has 1 atom stereocenters. The number of amides is 1. The van der Waals surface area contributed by atoms with Crippen molar-refractivity contribution in [2.75, 3.05) is 20.3 Å². The quantitative estimate of drug-likeness (QED) is 0.0738. The number of ether oxygens (including phenoxy) is 2. The van der Waals surface area contributed by atoms with Gasteiger partial charge in [-0.3, -0.25) is 14.3 Å². The number of carbonyl (C=O) groups excluding carboxylic acids is 1. The fourth-order valence-corrected chi connectivity index (χ4v) is 7.17. The number of pyridine rings is 1. The molecule has 48 heavy (non-hydrogen) atoms. The van der Waals surface area contributed by atoms with Crippen molar-refractivity contribution in [1.29, 1.82) is 0 Å². The summed E-state index contributed by atoms with van der Waals surface area (Å²) >= 11 is 0. The van der Waals surface area contributed by atoms with Crippen LogP contribution in [0.3, 0.4) is 0 Å². The molecule has 0 aliphatic carbocycles. The van der Waals surface area contributed by atoms with Crippen LogP contribution in [0.2, 0.25) is 0 Å². The lowest BCUT2D eigenvalue weighted by atomic mass is 10.0. The molecule has 1 aromatic carbocycles. The van der Waals surface area contributed by atoms with Crippen LogP contribution in [0.4, 0.5) is 0 Å². The maximum atomic E-state index is 13.1. The monoisotopic (exact) mass is 686 g/mol. The van der Waals surface area contributed by atoms with Gasteiger partial charge in [0.25, 0.3) is 0 Å². The first-order chi connectivity index (χ1) is 23.2. The molecule has 270 valence electrons. The van der Waals surface area contributed by atoms with Crippen LogP contribution in [-0.2, 0) is 31.4 Å². The normalized spacial score (nSPS) is 12.4. The molecule has 0 saturated carbocycles. The fourth-order valence-electron chi connectivity index (χ4n) is 5.79. The molecule has 1 heterocycles. The number of aromatic nitrogens is 1. The van der Waals surface area contributed by atoms with E-state index in [9.17, 15) is 9.36 Å². The van der Waals surface area contributed by atoms with Gasteiger partial charge in [0.05, 0.1) is 32.1 Å². The van der Waals surface area contributed by atoms with E-state index in [1.807, 2.05) is 38.1 Å². The van der Waals surface area contributed by atoms with E-state index < -0.39 is 7.60 Å². The molecule has 0 aliphatic heterocycles. The van der Waals surface area contributed by atoms with Crippen molar-refractivity contribution < 1.29 is 27.9 Å². The molecule has 0 spiro atoms. The van der Waals surface area contributed by atoms with Gasteiger partial charge in [0.2, 0.25) is 5.91 Å². The number of nitrogens with zero attached hydrogens (tertiary/aromatic N) is 1. The second kappa shape index (κ2) is 24.5. The lowest BCUT2D eigenvalue weighted by molar-refractivity contribution is -0.121. The standard InChI is InChI=1S/C39H63N2O6P/c1-7-10-11-12-13-14-15-16-17-18-19-20-21-22-38(42)41-35(27-28-48(43,46-8-2)47-9-3)29-34-23-25-36(26-24-34)45-31-37-33(5)39(44-6)32(4)30-40-37/h23-28,30,35H,7-22,29,31H2,1-6H3,(H,41,42)/t35-/m0/s1. The average molecular weight is 687 g/mol. The number of aryl methyl sites for hydroxylation is 1. The Labute approximate surface area is 291 Å². The number of methoxy groups -OCH3 is 1. The molecule has 1 amide bonds. The Bertz CT molecular complexity index is 1240. The van der Waals surface area contributed by atoms with E-state index in [1.165, 1.54) is 76.4 Å². The summed E-state index contributed by atoms with van der Waals surface area (Å²) in [5.41, 5.74) is 3.79. The van der Waals surface area contributed by atoms with Gasteiger partial charge in [-0.2, -0.15) is 0 Å². The first kappa shape index (κ1) is 41.5. The molecule has 1 N–H and O–H groups in total. The van der Waals surface area contributed by atoms with Crippen LogP contribution in [0.1, 0.15) is 133 Å². The van der Waals surface area contributed by atoms with Crippen LogP contribution in [0.25, 0.3) is 0 Å². The summed E-state index contributed by atoms with van der Waals surface area (Å²) in [6.45, 7) is 10.6. The molecular weight excluding hydrogens is 623 g/mol. The number of hydrogen-bond donors (Lipinski definition) is 1. The zero-order chi connectivity index (χ0) is 35.0. The number of nitrogens with one attached hydrogen (secondary N) is 1. The van der Waals surface area contributed by atoms with Gasteiger partial charge in [0, 0.05) is 29.6 Å². The van der Waals surface area contributed by atoms with E-state index in [2.05, 4.69) is 17.2 Å². The topological polar surface area (TPSA) is 96.0 Å². The Morgan fingerprint density at radius 3 is 1.96 bits per heavy atom. The molecule has 8 nitrogen and oxygen atoms in total. The molecule has 0 bridgehead atoms. The third-order valence-electron chi connectivity index (χ3n) is 8.48. The van der Waals surface area contributed by atoms with Gasteiger partial charge in [-0.05, 0) is 58.2 Å². The molecule has 0 saturated heterocycles. The van der Waals surface area contributed by atoms with Crippen LogP contribution >= 0.6 is 7.60 Å². The molecular formula is C39H63N2O6P. The van der Waals surface area contributed by atoms with Gasteiger partial charge in [-0.15, -0.1) is 0 Å². The van der Waals surface area contributed by atoms with Crippen LogP contribution in [-0.4, -0.2) is 37.3 Å². The third kappa shape index (κ3) is 16.6. The molecule has 0 radical (unpaired) electrons. The minimum atomic E-state index is -3.40. The van der Waals surface area contributed by atoms with Gasteiger partial charge in [-0.1, -0.05) is 102 Å². The largest absolute Gasteiger partial charge is 0.496 e. The van der Waals surface area contributed by atoms with Crippen molar-refractivity contribution in [1.82, 2.24) is 10.3 Å². The Morgan fingerprint density at radius 1 is 0.854 bits per heavy atom. The Hall–Kier alpha value is -2.67. The number of rotatable bonds is 27. The predicted octanol–water partition coefficient (Wildman–Crippen LogP) is 10.6. The van der Waals surface area contributed by atoms with Crippen LogP contribution in [0.15, 0.2) is 42.4 Å². The van der Waals surface area contributed by atoms with Gasteiger partial charge in [0.1, 0.15) is 18.1 Å². The smallest absolute Gasteiger partial charge is 0.353 e. The van der Waals surface area contributed by atoms with Crippen molar-refractivity contribution in [3.05, 3.63) is 64.7 Å². The van der Waals surface area contributed by atoms with Crippen molar-refractivity contribution >= 4 is 13.5 Å². The zero-order valence-corrected chi connectivity index (χ0v) is 31.6. The predicted molar refractivity (Wildman–Crippen MR) is 197 cm³/mol. The maximum absolute atomic E-state index is 13.1. The van der Waals surface area contributed by atoms with Gasteiger partial charge >= 0.3 is 7.60 Å². The van der Waals surface area contributed by atoms with Gasteiger partial charge in [-0.25, -0.2) is 0 Å². The van der Waals surface area contributed by atoms with E-state index >= 15 is 0 Å². The molecule has 0 aliphatic rings. The molecule has 0 unspecified atom stereocenters. The number of carbonyl (C=O) groups is 1. The minimum Gasteiger partial charge on any atom is -0.496 e. The third-order valence-corrected chi connectivity index (χ3v) is 10.3. The molecule has 9 heteroatoms. The SMILES string of the molecule is CCCCCCCCCCCCCCCC(=O)N[C@@H](C=CP(=O)(OCC)OCC)Cc1ccc(OCc2ncc(C)c(OC)c2C)cc1. The zero-order valence-electron chi connectivity index (χ0n) is 30.7. The van der Waals surface area contributed by atoms with Gasteiger partial charge < -0.3 is 23.8 Å². The minimum absolute atomic E-state index is 0.00766. The summed E-state index contributed by atoms with van der Waals surface area (Å²) < 4.78 is 35.5. The van der Waals surface area contributed by atoms with Crippen LogP contribution in [0.5, 0.6) is 11.5 Å². The summed E-state index contributed by atoms with van der Waals surface area (Å²) in [6.07, 6.45) is 21.0. The van der Waals surface area contributed by atoms with Crippen molar-refractivity contribution in [3.63, 3.8) is 0 Å². The van der Waals surface area contributed by atoms with E-state index in [4.69, 9.17) is 18.5 Å². The van der Waals surface area contributed by atoms with Crippen molar-refractivity contribution in [3.8, 4) is 11.5 Å². The first-order valence-corrected chi connectivity index (χ1v) is 19.9. The molecule has 2 rings (SSSR count). The second-order valence-electron chi connectivity index (χ2n) is 12.6. The summed E-state index contributed by atoms with van der Waals surface area (Å²) in [6, 6.07) is 7.42. The van der Waals surface area contributed by atoms with Gasteiger partial charge in [0.15, 0.2) is 0 Å². The summed E-state index contributed by atoms with van der Waals surface area (Å²) in [5.74, 6) is 3.02. The van der Waals surface area contributed by atoms with E-state index in [0.717, 1.165) is 46.7 Å². The highest BCUT2D eigenvalue weighted by Gasteiger charge is 2.21. The average Bonchev–Trinajstić information content (AvgIpc) is 3.06.